The summed E-state index contributed by atoms with van der Waals surface area (Å²) in [6.07, 6.45) is 1.78. The highest BCUT2D eigenvalue weighted by atomic mass is 79.9. The maximum atomic E-state index is 13.9. The van der Waals surface area contributed by atoms with Gasteiger partial charge in [-0.3, -0.25) is 9.36 Å². The van der Waals surface area contributed by atoms with Crippen LogP contribution in [0.1, 0.15) is 36.6 Å². The molecule has 1 aliphatic rings. The summed E-state index contributed by atoms with van der Waals surface area (Å²) >= 11 is 4.75. The third-order valence-electron chi connectivity index (χ3n) is 6.11. The van der Waals surface area contributed by atoms with Gasteiger partial charge in [-0.1, -0.05) is 59.9 Å². The van der Waals surface area contributed by atoms with Crippen LogP contribution in [-0.4, -0.2) is 23.8 Å². The quantitative estimate of drug-likeness (QED) is 0.270. The number of halogens is 2. The summed E-state index contributed by atoms with van der Waals surface area (Å²) < 4.78 is 27.6. The third-order valence-corrected chi connectivity index (χ3v) is 7.72. The number of carbonyl (C=O) groups is 1. The lowest BCUT2D eigenvalue weighted by Crippen LogP contribution is -2.40. The SMILES string of the molecule is CCOC(=O)C1=C(c2ccccc2)N=c2s/c(=C\c3ccc(OCC)c(Br)c3)c(=O)n2[C@H]1c1ccc(F)cc1. The van der Waals surface area contributed by atoms with Gasteiger partial charge in [0.1, 0.15) is 11.6 Å². The average molecular weight is 608 g/mol. The molecule has 0 unspecified atom stereocenters. The first kappa shape index (κ1) is 26.8. The fourth-order valence-corrected chi connectivity index (χ4v) is 5.94. The molecule has 198 valence electrons. The third kappa shape index (κ3) is 5.37. The standard InChI is InChI=1S/C30H24BrFN2O4S/c1-3-37-23-15-10-18(16-22(23)31)17-24-28(35)34-27(20-11-13-21(32)14-12-20)25(29(36)38-4-2)26(33-30(34)39-24)19-8-6-5-7-9-19/h5-17,27H,3-4H2,1-2H3/b24-17-/t27-/m0/s1. The van der Waals surface area contributed by atoms with E-state index >= 15 is 0 Å². The van der Waals surface area contributed by atoms with Crippen LogP contribution < -0.4 is 19.6 Å². The molecular formula is C30H24BrFN2O4S. The molecule has 0 saturated heterocycles. The molecule has 0 spiro atoms. The van der Waals surface area contributed by atoms with Crippen molar-refractivity contribution in [1.82, 2.24) is 4.57 Å². The van der Waals surface area contributed by atoms with Gasteiger partial charge in [0.15, 0.2) is 4.80 Å². The molecule has 0 N–H and O–H groups in total. The molecule has 9 heteroatoms. The second-order valence-electron chi connectivity index (χ2n) is 8.61. The highest BCUT2D eigenvalue weighted by Gasteiger charge is 2.35. The molecule has 1 aliphatic heterocycles. The van der Waals surface area contributed by atoms with Crippen molar-refractivity contribution in [1.29, 1.82) is 0 Å². The molecule has 0 bridgehead atoms. The predicted molar refractivity (Wildman–Crippen MR) is 153 cm³/mol. The van der Waals surface area contributed by atoms with E-state index in [0.29, 0.717) is 38.5 Å². The molecule has 6 nitrogen and oxygen atoms in total. The molecule has 0 aliphatic carbocycles. The van der Waals surface area contributed by atoms with Gasteiger partial charge in [0.2, 0.25) is 0 Å². The van der Waals surface area contributed by atoms with E-state index in [1.165, 1.54) is 28.0 Å². The van der Waals surface area contributed by atoms with Crippen LogP contribution in [0.4, 0.5) is 4.39 Å². The van der Waals surface area contributed by atoms with Crippen LogP contribution >= 0.6 is 27.3 Å². The smallest absolute Gasteiger partial charge is 0.338 e. The van der Waals surface area contributed by atoms with Crippen LogP contribution in [0, 0.1) is 5.82 Å². The normalized spacial score (nSPS) is 15.1. The molecule has 0 saturated carbocycles. The van der Waals surface area contributed by atoms with Crippen molar-refractivity contribution in [2.75, 3.05) is 13.2 Å². The number of nitrogens with zero attached hydrogens (tertiary/aromatic N) is 2. The average Bonchev–Trinajstić information content (AvgIpc) is 3.25. The second-order valence-corrected chi connectivity index (χ2v) is 10.5. The first-order valence-electron chi connectivity index (χ1n) is 12.4. The predicted octanol–water partition coefficient (Wildman–Crippen LogP) is 5.24. The molecule has 4 aromatic rings. The first-order chi connectivity index (χ1) is 18.9. The molecule has 1 atom stereocenters. The monoisotopic (exact) mass is 606 g/mol. The van der Waals surface area contributed by atoms with Gasteiger partial charge < -0.3 is 9.47 Å². The maximum absolute atomic E-state index is 13.9. The zero-order valence-corrected chi connectivity index (χ0v) is 23.6. The summed E-state index contributed by atoms with van der Waals surface area (Å²) in [5.74, 6) is -0.296. The van der Waals surface area contributed by atoms with E-state index in [-0.39, 0.29) is 17.7 Å². The van der Waals surface area contributed by atoms with Crippen molar-refractivity contribution < 1.29 is 18.7 Å². The Kier molecular flexibility index (Phi) is 7.90. The Morgan fingerprint density at radius 3 is 2.49 bits per heavy atom. The number of hydrogen-bond donors (Lipinski definition) is 0. The molecule has 39 heavy (non-hydrogen) atoms. The van der Waals surface area contributed by atoms with E-state index in [0.717, 1.165) is 10.0 Å². The minimum Gasteiger partial charge on any atom is -0.493 e. The summed E-state index contributed by atoms with van der Waals surface area (Å²) in [6.45, 7) is 4.31. The van der Waals surface area contributed by atoms with Gasteiger partial charge in [0, 0.05) is 5.56 Å². The zero-order valence-electron chi connectivity index (χ0n) is 21.2. The molecule has 0 amide bonds. The van der Waals surface area contributed by atoms with E-state index in [2.05, 4.69) is 15.9 Å². The topological polar surface area (TPSA) is 69.9 Å². The summed E-state index contributed by atoms with van der Waals surface area (Å²) in [5.41, 5.74) is 2.39. The largest absolute Gasteiger partial charge is 0.493 e. The van der Waals surface area contributed by atoms with Crippen LogP contribution in [0.25, 0.3) is 11.8 Å². The Morgan fingerprint density at radius 2 is 1.82 bits per heavy atom. The van der Waals surface area contributed by atoms with Gasteiger partial charge in [-0.2, -0.15) is 0 Å². The lowest BCUT2D eigenvalue weighted by molar-refractivity contribution is -0.138. The van der Waals surface area contributed by atoms with Gasteiger partial charge >= 0.3 is 5.97 Å². The van der Waals surface area contributed by atoms with Gasteiger partial charge in [0.05, 0.1) is 39.5 Å². The maximum Gasteiger partial charge on any atom is 0.338 e. The Morgan fingerprint density at radius 1 is 1.08 bits per heavy atom. The zero-order chi connectivity index (χ0) is 27.5. The summed E-state index contributed by atoms with van der Waals surface area (Å²) in [7, 11) is 0. The minimum absolute atomic E-state index is 0.150. The van der Waals surface area contributed by atoms with E-state index in [9.17, 15) is 14.0 Å². The van der Waals surface area contributed by atoms with Crippen LogP contribution in [0.3, 0.4) is 0 Å². The molecule has 0 fully saturated rings. The summed E-state index contributed by atoms with van der Waals surface area (Å²) in [5, 5.41) is 0. The molecular weight excluding hydrogens is 583 g/mol. The molecule has 2 heterocycles. The van der Waals surface area contributed by atoms with Gasteiger partial charge in [-0.15, -0.1) is 0 Å². The number of ether oxygens (including phenoxy) is 2. The number of thiazole rings is 1. The van der Waals surface area contributed by atoms with Crippen LogP contribution in [-0.2, 0) is 9.53 Å². The first-order valence-corrected chi connectivity index (χ1v) is 14.0. The van der Waals surface area contributed by atoms with Crippen LogP contribution in [0.15, 0.2) is 92.6 Å². The second kappa shape index (κ2) is 11.5. The highest BCUT2D eigenvalue weighted by Crippen LogP contribution is 2.35. The molecule has 3 aromatic carbocycles. The molecule has 5 rings (SSSR count). The Balaban J connectivity index is 1.77. The Hall–Kier alpha value is -3.82. The lowest BCUT2D eigenvalue weighted by atomic mass is 9.93. The van der Waals surface area contributed by atoms with Crippen molar-refractivity contribution in [3.8, 4) is 5.75 Å². The van der Waals surface area contributed by atoms with Crippen LogP contribution in [0.5, 0.6) is 5.75 Å². The molecule has 1 aromatic heterocycles. The fourth-order valence-electron chi connectivity index (χ4n) is 4.43. The van der Waals surface area contributed by atoms with Crippen LogP contribution in [0.2, 0.25) is 0 Å². The van der Waals surface area contributed by atoms with Crippen molar-refractivity contribution in [2.24, 2.45) is 4.99 Å². The van der Waals surface area contributed by atoms with Crippen molar-refractivity contribution >= 4 is 45.0 Å². The fraction of sp³-hybridized carbons (Fsp3) is 0.167. The molecule has 0 radical (unpaired) electrons. The summed E-state index contributed by atoms with van der Waals surface area (Å²) in [6, 6.07) is 19.8. The van der Waals surface area contributed by atoms with Gasteiger partial charge in [-0.25, -0.2) is 14.2 Å². The number of hydrogen-bond acceptors (Lipinski definition) is 6. The van der Waals surface area contributed by atoms with E-state index in [1.54, 1.807) is 25.1 Å². The van der Waals surface area contributed by atoms with Crippen molar-refractivity contribution in [3.05, 3.63) is 125 Å². The lowest BCUT2D eigenvalue weighted by Gasteiger charge is -2.25. The van der Waals surface area contributed by atoms with Gasteiger partial charge in [-0.05, 0) is 71.2 Å². The van der Waals surface area contributed by atoms with E-state index < -0.39 is 17.8 Å². The number of esters is 1. The van der Waals surface area contributed by atoms with E-state index in [1.807, 2.05) is 55.5 Å². The summed E-state index contributed by atoms with van der Waals surface area (Å²) in [4.78, 5) is 32.6. The number of rotatable bonds is 7. The Labute approximate surface area is 236 Å². The number of aromatic nitrogens is 1. The number of carbonyl (C=O) groups excluding carboxylic acids is 1. The van der Waals surface area contributed by atoms with E-state index in [4.69, 9.17) is 14.5 Å². The minimum atomic E-state index is -0.856. The van der Waals surface area contributed by atoms with Crippen molar-refractivity contribution in [3.63, 3.8) is 0 Å². The van der Waals surface area contributed by atoms with Crippen molar-refractivity contribution in [2.45, 2.75) is 19.9 Å². The Bertz CT molecular complexity index is 1740. The van der Waals surface area contributed by atoms with Gasteiger partial charge in [0.25, 0.3) is 5.56 Å². The number of fused-ring (bicyclic) bond motifs is 1. The number of benzene rings is 3. The highest BCUT2D eigenvalue weighted by molar-refractivity contribution is 9.10.